The molecule has 0 aliphatic rings. The number of aryl methyl sites for hydroxylation is 1. The lowest BCUT2D eigenvalue weighted by atomic mass is 10.1. The van der Waals surface area contributed by atoms with Gasteiger partial charge in [0.2, 0.25) is 11.8 Å². The Balaban J connectivity index is 2.20. The van der Waals surface area contributed by atoms with Crippen LogP contribution in [0.1, 0.15) is 52.8 Å². The first-order valence-electron chi connectivity index (χ1n) is 8.70. The van der Waals surface area contributed by atoms with Gasteiger partial charge in [-0.05, 0) is 45.4 Å². The second-order valence-corrected chi connectivity index (χ2v) is 5.82. The number of hydrogen-bond acceptors (Lipinski definition) is 6. The lowest BCUT2D eigenvalue weighted by Gasteiger charge is -2.07. The van der Waals surface area contributed by atoms with E-state index in [4.69, 9.17) is 13.9 Å². The third-order valence-electron chi connectivity index (χ3n) is 3.77. The fourth-order valence-electron chi connectivity index (χ4n) is 2.68. The highest BCUT2D eigenvalue weighted by molar-refractivity contribution is 6.10. The van der Waals surface area contributed by atoms with Crippen molar-refractivity contribution in [1.82, 2.24) is 0 Å². The van der Waals surface area contributed by atoms with Crippen LogP contribution in [0.3, 0.4) is 0 Å². The number of carbonyl (C=O) groups is 3. The van der Waals surface area contributed by atoms with Gasteiger partial charge in [0.15, 0.2) is 5.78 Å². The van der Waals surface area contributed by atoms with E-state index in [1.807, 2.05) is 6.92 Å². The first kappa shape index (κ1) is 20.2. The Morgan fingerprint density at radius 1 is 1.04 bits per heavy atom. The quantitative estimate of drug-likeness (QED) is 0.562. The van der Waals surface area contributed by atoms with E-state index >= 15 is 0 Å². The maximum absolute atomic E-state index is 12.4. The highest BCUT2D eigenvalue weighted by Crippen LogP contribution is 2.28. The Bertz CT molecular complexity index is 835. The van der Waals surface area contributed by atoms with Crippen LogP contribution in [0.2, 0.25) is 0 Å². The van der Waals surface area contributed by atoms with Crippen LogP contribution >= 0.6 is 0 Å². The molecule has 0 bridgehead atoms. The average Bonchev–Trinajstić information content (AvgIpc) is 2.93. The molecule has 1 amide bonds. The number of rotatable bonds is 8. The standard InChI is InChI=1S/C20H23NO6/c1-5-25-15-9-7-14(8-10-15)11-16(23)21-19-18(20(24)26-6-2)17(12(3)22)13(4)27-19/h7-10H,5-6,11H2,1-4H3,(H,21,23). The smallest absolute Gasteiger partial charge is 0.344 e. The summed E-state index contributed by atoms with van der Waals surface area (Å²) in [6, 6.07) is 7.12. The molecule has 1 aromatic heterocycles. The maximum Gasteiger partial charge on any atom is 0.344 e. The highest BCUT2D eigenvalue weighted by atomic mass is 16.5. The largest absolute Gasteiger partial charge is 0.494 e. The number of benzene rings is 1. The fourth-order valence-corrected chi connectivity index (χ4v) is 2.68. The van der Waals surface area contributed by atoms with Gasteiger partial charge in [-0.25, -0.2) is 4.79 Å². The molecule has 1 aromatic carbocycles. The molecule has 27 heavy (non-hydrogen) atoms. The third-order valence-corrected chi connectivity index (χ3v) is 3.77. The molecule has 7 nitrogen and oxygen atoms in total. The van der Waals surface area contributed by atoms with E-state index in [0.717, 1.165) is 11.3 Å². The van der Waals surface area contributed by atoms with Crippen molar-refractivity contribution in [2.75, 3.05) is 18.5 Å². The molecule has 0 spiro atoms. The van der Waals surface area contributed by atoms with E-state index in [0.29, 0.717) is 6.61 Å². The Morgan fingerprint density at radius 3 is 2.26 bits per heavy atom. The number of anilines is 1. The summed E-state index contributed by atoms with van der Waals surface area (Å²) in [5, 5.41) is 2.56. The molecule has 144 valence electrons. The molecular formula is C20H23NO6. The van der Waals surface area contributed by atoms with Crippen molar-refractivity contribution in [3.05, 3.63) is 46.7 Å². The molecule has 0 radical (unpaired) electrons. The summed E-state index contributed by atoms with van der Waals surface area (Å²) in [7, 11) is 0. The molecule has 0 atom stereocenters. The zero-order valence-corrected chi connectivity index (χ0v) is 15.9. The number of esters is 1. The zero-order chi connectivity index (χ0) is 20.0. The monoisotopic (exact) mass is 373 g/mol. The van der Waals surface area contributed by atoms with E-state index in [-0.39, 0.29) is 47.5 Å². The van der Waals surface area contributed by atoms with Gasteiger partial charge in [0.05, 0.1) is 25.2 Å². The van der Waals surface area contributed by atoms with Gasteiger partial charge in [0.25, 0.3) is 0 Å². The van der Waals surface area contributed by atoms with Gasteiger partial charge < -0.3 is 13.9 Å². The topological polar surface area (TPSA) is 94.8 Å². The first-order chi connectivity index (χ1) is 12.9. The number of Topliss-reactive ketones (excluding diaryl/α,β-unsaturated/α-hetero) is 1. The van der Waals surface area contributed by atoms with E-state index < -0.39 is 5.97 Å². The van der Waals surface area contributed by atoms with Crippen molar-refractivity contribution in [2.45, 2.75) is 34.1 Å². The minimum atomic E-state index is -0.712. The maximum atomic E-state index is 12.4. The van der Waals surface area contributed by atoms with Crippen LogP contribution in [-0.2, 0) is 16.0 Å². The van der Waals surface area contributed by atoms with Crippen molar-refractivity contribution < 1.29 is 28.3 Å². The van der Waals surface area contributed by atoms with Gasteiger partial charge >= 0.3 is 5.97 Å². The van der Waals surface area contributed by atoms with Crippen LogP contribution in [0.5, 0.6) is 5.75 Å². The van der Waals surface area contributed by atoms with Gasteiger partial charge in [-0.15, -0.1) is 0 Å². The summed E-state index contributed by atoms with van der Waals surface area (Å²) in [4.78, 5) is 36.5. The van der Waals surface area contributed by atoms with Crippen molar-refractivity contribution >= 4 is 23.5 Å². The van der Waals surface area contributed by atoms with Gasteiger partial charge in [-0.3, -0.25) is 14.9 Å². The van der Waals surface area contributed by atoms with Crippen LogP contribution in [0.25, 0.3) is 0 Å². The number of hydrogen-bond donors (Lipinski definition) is 1. The Kier molecular flexibility index (Phi) is 6.76. The average molecular weight is 373 g/mol. The highest BCUT2D eigenvalue weighted by Gasteiger charge is 2.28. The molecule has 0 unspecified atom stereocenters. The number of ketones is 1. The van der Waals surface area contributed by atoms with Gasteiger partial charge in [0.1, 0.15) is 17.1 Å². The van der Waals surface area contributed by atoms with Gasteiger partial charge in [-0.1, -0.05) is 12.1 Å². The van der Waals surface area contributed by atoms with E-state index in [9.17, 15) is 14.4 Å². The molecule has 1 heterocycles. The van der Waals surface area contributed by atoms with Crippen LogP contribution < -0.4 is 10.1 Å². The van der Waals surface area contributed by atoms with E-state index in [2.05, 4.69) is 5.32 Å². The molecule has 0 aliphatic carbocycles. The van der Waals surface area contributed by atoms with Crippen LogP contribution in [0.4, 0.5) is 5.88 Å². The number of carbonyl (C=O) groups excluding carboxylic acids is 3. The van der Waals surface area contributed by atoms with Crippen LogP contribution in [0.15, 0.2) is 28.7 Å². The molecule has 0 saturated heterocycles. The van der Waals surface area contributed by atoms with Crippen molar-refractivity contribution in [2.24, 2.45) is 0 Å². The number of ether oxygens (including phenoxy) is 2. The lowest BCUT2D eigenvalue weighted by Crippen LogP contribution is -2.17. The number of furan rings is 1. The third kappa shape index (κ3) is 4.97. The summed E-state index contributed by atoms with van der Waals surface area (Å²) in [6.07, 6.45) is 0.0732. The minimum absolute atomic E-state index is 0.0538. The second-order valence-electron chi connectivity index (χ2n) is 5.82. The molecule has 2 rings (SSSR count). The predicted molar refractivity (Wildman–Crippen MR) is 99.4 cm³/mol. The summed E-state index contributed by atoms with van der Waals surface area (Å²) < 4.78 is 15.8. The molecule has 1 N–H and O–H groups in total. The Hall–Kier alpha value is -3.09. The number of amides is 1. The first-order valence-corrected chi connectivity index (χ1v) is 8.70. The van der Waals surface area contributed by atoms with Crippen molar-refractivity contribution in [3.8, 4) is 5.75 Å². The fraction of sp³-hybridized carbons (Fsp3) is 0.350. The molecular weight excluding hydrogens is 350 g/mol. The minimum Gasteiger partial charge on any atom is -0.494 e. The Labute approximate surface area is 157 Å². The summed E-state index contributed by atoms with van der Waals surface area (Å²) in [5.74, 6) is -0.538. The molecule has 7 heteroatoms. The predicted octanol–water partition coefficient (Wildman–Crippen LogP) is 3.55. The van der Waals surface area contributed by atoms with Crippen molar-refractivity contribution in [3.63, 3.8) is 0 Å². The number of nitrogens with one attached hydrogen (secondary N) is 1. The molecule has 2 aromatic rings. The molecule has 0 aliphatic heterocycles. The summed E-state index contributed by atoms with van der Waals surface area (Å²) in [6.45, 7) is 7.13. The SMILES string of the molecule is CCOC(=O)c1c(NC(=O)Cc2ccc(OCC)cc2)oc(C)c1C(C)=O. The molecule has 0 fully saturated rings. The van der Waals surface area contributed by atoms with Crippen LogP contribution in [0, 0.1) is 6.92 Å². The summed E-state index contributed by atoms with van der Waals surface area (Å²) >= 11 is 0. The normalized spacial score (nSPS) is 10.4. The Morgan fingerprint density at radius 2 is 1.70 bits per heavy atom. The molecule has 0 saturated carbocycles. The summed E-state index contributed by atoms with van der Waals surface area (Å²) in [5.41, 5.74) is 0.829. The van der Waals surface area contributed by atoms with Crippen molar-refractivity contribution in [1.29, 1.82) is 0 Å². The van der Waals surface area contributed by atoms with Crippen LogP contribution in [-0.4, -0.2) is 30.9 Å². The second kappa shape index (κ2) is 9.02. The van der Waals surface area contributed by atoms with Gasteiger partial charge in [0, 0.05) is 0 Å². The van der Waals surface area contributed by atoms with E-state index in [1.54, 1.807) is 38.1 Å². The zero-order valence-electron chi connectivity index (χ0n) is 15.9. The van der Waals surface area contributed by atoms with Gasteiger partial charge in [-0.2, -0.15) is 0 Å². The lowest BCUT2D eigenvalue weighted by molar-refractivity contribution is -0.115. The van der Waals surface area contributed by atoms with E-state index in [1.165, 1.54) is 6.92 Å².